The van der Waals surface area contributed by atoms with Gasteiger partial charge in [-0.15, -0.1) is 0 Å². The van der Waals surface area contributed by atoms with E-state index in [1.807, 2.05) is 18.2 Å². The highest BCUT2D eigenvalue weighted by molar-refractivity contribution is 7.89. The normalized spacial score (nSPS) is 17.7. The first-order chi connectivity index (χ1) is 11.4. The Labute approximate surface area is 143 Å². The zero-order chi connectivity index (χ0) is 17.2. The number of piperazine rings is 1. The molecule has 1 atom stereocenters. The van der Waals surface area contributed by atoms with Crippen molar-refractivity contribution in [2.45, 2.75) is 17.9 Å². The van der Waals surface area contributed by atoms with Crippen LogP contribution in [0.1, 0.15) is 18.5 Å². The number of sulfonamides is 1. The van der Waals surface area contributed by atoms with Gasteiger partial charge >= 0.3 is 0 Å². The van der Waals surface area contributed by atoms with E-state index in [0.29, 0.717) is 6.04 Å². The Kier molecular flexibility index (Phi) is 4.89. The van der Waals surface area contributed by atoms with E-state index >= 15 is 0 Å². The molecule has 1 fully saturated rings. The van der Waals surface area contributed by atoms with Crippen molar-refractivity contribution in [1.29, 1.82) is 0 Å². The number of hydrogen-bond acceptors (Lipinski definition) is 4. The molecule has 2 N–H and O–H groups in total. The molecule has 0 bridgehead atoms. The van der Waals surface area contributed by atoms with Crippen molar-refractivity contribution in [3.8, 4) is 0 Å². The van der Waals surface area contributed by atoms with E-state index in [2.05, 4.69) is 41.0 Å². The lowest BCUT2D eigenvalue weighted by Crippen LogP contribution is -2.47. The lowest BCUT2D eigenvalue weighted by Gasteiger charge is -2.39. The zero-order valence-electron chi connectivity index (χ0n) is 13.8. The average Bonchev–Trinajstić information content (AvgIpc) is 2.61. The number of hydrogen-bond donors (Lipinski definition) is 1. The van der Waals surface area contributed by atoms with Crippen LogP contribution in [-0.4, -0.2) is 39.5 Å². The van der Waals surface area contributed by atoms with Gasteiger partial charge in [0.1, 0.15) is 0 Å². The molecular formula is C18H23N3O2S. The second-order valence-electron chi connectivity index (χ2n) is 6.15. The Morgan fingerprint density at radius 3 is 2.04 bits per heavy atom. The van der Waals surface area contributed by atoms with Crippen LogP contribution in [0.4, 0.5) is 5.69 Å². The smallest absolute Gasteiger partial charge is 0.238 e. The van der Waals surface area contributed by atoms with Gasteiger partial charge in [0, 0.05) is 37.9 Å². The van der Waals surface area contributed by atoms with Crippen molar-refractivity contribution in [2.75, 3.05) is 31.1 Å². The summed E-state index contributed by atoms with van der Waals surface area (Å²) in [5.74, 6) is 0. The van der Waals surface area contributed by atoms with Crippen LogP contribution >= 0.6 is 0 Å². The third kappa shape index (κ3) is 3.77. The summed E-state index contributed by atoms with van der Waals surface area (Å²) in [5.41, 5.74) is 2.37. The largest absolute Gasteiger partial charge is 0.369 e. The van der Waals surface area contributed by atoms with E-state index in [0.717, 1.165) is 31.9 Å². The Morgan fingerprint density at radius 2 is 1.50 bits per heavy atom. The molecule has 1 heterocycles. The molecule has 0 aliphatic carbocycles. The van der Waals surface area contributed by atoms with Crippen LogP contribution in [0.2, 0.25) is 0 Å². The van der Waals surface area contributed by atoms with E-state index in [-0.39, 0.29) is 4.90 Å². The average molecular weight is 345 g/mol. The lowest BCUT2D eigenvalue weighted by atomic mass is 10.1. The maximum atomic E-state index is 11.3. The maximum absolute atomic E-state index is 11.3. The van der Waals surface area contributed by atoms with Crippen molar-refractivity contribution in [2.24, 2.45) is 5.14 Å². The van der Waals surface area contributed by atoms with E-state index in [1.165, 1.54) is 5.56 Å². The molecule has 6 heteroatoms. The Bertz CT molecular complexity index is 768. The summed E-state index contributed by atoms with van der Waals surface area (Å²) in [7, 11) is -3.63. The number of nitrogens with two attached hydrogens (primary N) is 1. The second kappa shape index (κ2) is 6.93. The van der Waals surface area contributed by atoms with Crippen molar-refractivity contribution in [3.63, 3.8) is 0 Å². The van der Waals surface area contributed by atoms with Crippen LogP contribution in [0.15, 0.2) is 59.5 Å². The molecule has 1 saturated heterocycles. The topological polar surface area (TPSA) is 66.6 Å². The molecule has 0 aromatic heterocycles. The summed E-state index contributed by atoms with van der Waals surface area (Å²) in [5, 5.41) is 5.14. The van der Waals surface area contributed by atoms with Gasteiger partial charge in [-0.2, -0.15) is 0 Å². The number of nitrogens with zero attached hydrogens (tertiary/aromatic N) is 2. The molecule has 128 valence electrons. The molecule has 1 aliphatic heterocycles. The zero-order valence-corrected chi connectivity index (χ0v) is 14.6. The first kappa shape index (κ1) is 17.0. The van der Waals surface area contributed by atoms with Gasteiger partial charge in [-0.05, 0) is 36.8 Å². The van der Waals surface area contributed by atoms with Gasteiger partial charge in [0.25, 0.3) is 0 Å². The minimum absolute atomic E-state index is 0.155. The Balaban J connectivity index is 1.63. The van der Waals surface area contributed by atoms with Gasteiger partial charge in [0.05, 0.1) is 4.90 Å². The summed E-state index contributed by atoms with van der Waals surface area (Å²) >= 11 is 0. The monoisotopic (exact) mass is 345 g/mol. The molecule has 24 heavy (non-hydrogen) atoms. The summed E-state index contributed by atoms with van der Waals surface area (Å²) in [6.07, 6.45) is 0. The summed E-state index contributed by atoms with van der Waals surface area (Å²) in [6, 6.07) is 17.7. The van der Waals surface area contributed by atoms with Gasteiger partial charge in [-0.1, -0.05) is 30.3 Å². The van der Waals surface area contributed by atoms with E-state index in [4.69, 9.17) is 5.14 Å². The molecule has 2 aromatic carbocycles. The Morgan fingerprint density at radius 1 is 0.917 bits per heavy atom. The predicted octanol–water partition coefficient (Wildman–Crippen LogP) is 2.22. The molecule has 3 rings (SSSR count). The molecule has 0 amide bonds. The van der Waals surface area contributed by atoms with Gasteiger partial charge in [0.15, 0.2) is 0 Å². The number of anilines is 1. The predicted molar refractivity (Wildman–Crippen MR) is 96.5 cm³/mol. The first-order valence-electron chi connectivity index (χ1n) is 8.12. The fraction of sp³-hybridized carbons (Fsp3) is 0.333. The van der Waals surface area contributed by atoms with Crippen molar-refractivity contribution in [1.82, 2.24) is 4.90 Å². The standard InChI is InChI=1S/C18H23N3O2S/c1-15(16-5-3-2-4-6-16)20-11-13-21(14-12-20)17-7-9-18(10-8-17)24(19,22)23/h2-10,15H,11-14H2,1H3,(H2,19,22,23)/t15-/m0/s1. The van der Waals surface area contributed by atoms with E-state index < -0.39 is 10.0 Å². The van der Waals surface area contributed by atoms with Gasteiger partial charge in [-0.25, -0.2) is 13.6 Å². The molecular weight excluding hydrogens is 322 g/mol. The SMILES string of the molecule is C[C@@H](c1ccccc1)N1CCN(c2ccc(S(N)(=O)=O)cc2)CC1. The van der Waals surface area contributed by atoms with Crippen LogP contribution in [0, 0.1) is 0 Å². The highest BCUT2D eigenvalue weighted by Gasteiger charge is 2.22. The first-order valence-corrected chi connectivity index (χ1v) is 9.66. The minimum Gasteiger partial charge on any atom is -0.369 e. The number of primary sulfonamides is 1. The van der Waals surface area contributed by atoms with Crippen LogP contribution in [-0.2, 0) is 10.0 Å². The highest BCUT2D eigenvalue weighted by Crippen LogP contribution is 2.24. The van der Waals surface area contributed by atoms with Crippen molar-refractivity contribution < 1.29 is 8.42 Å². The molecule has 5 nitrogen and oxygen atoms in total. The van der Waals surface area contributed by atoms with Gasteiger partial charge in [-0.3, -0.25) is 4.90 Å². The summed E-state index contributed by atoms with van der Waals surface area (Å²) in [6.45, 7) is 6.05. The van der Waals surface area contributed by atoms with Gasteiger partial charge in [0.2, 0.25) is 10.0 Å². The van der Waals surface area contributed by atoms with Crippen molar-refractivity contribution in [3.05, 3.63) is 60.2 Å². The van der Waals surface area contributed by atoms with Crippen LogP contribution in [0.5, 0.6) is 0 Å². The minimum atomic E-state index is -3.63. The van der Waals surface area contributed by atoms with E-state index in [9.17, 15) is 8.42 Å². The van der Waals surface area contributed by atoms with E-state index in [1.54, 1.807) is 12.1 Å². The molecule has 0 spiro atoms. The number of benzene rings is 2. The van der Waals surface area contributed by atoms with Crippen LogP contribution in [0.25, 0.3) is 0 Å². The quantitative estimate of drug-likeness (QED) is 0.923. The lowest BCUT2D eigenvalue weighted by molar-refractivity contribution is 0.198. The number of rotatable bonds is 4. The van der Waals surface area contributed by atoms with Crippen molar-refractivity contribution >= 4 is 15.7 Å². The molecule has 0 saturated carbocycles. The fourth-order valence-corrected chi connectivity index (χ4v) is 3.67. The van der Waals surface area contributed by atoms with Gasteiger partial charge < -0.3 is 4.90 Å². The third-order valence-electron chi connectivity index (χ3n) is 4.67. The van der Waals surface area contributed by atoms with Crippen LogP contribution < -0.4 is 10.0 Å². The Hall–Kier alpha value is -1.89. The molecule has 1 aliphatic rings. The highest BCUT2D eigenvalue weighted by atomic mass is 32.2. The molecule has 0 radical (unpaired) electrons. The molecule has 2 aromatic rings. The second-order valence-corrected chi connectivity index (χ2v) is 7.71. The summed E-state index contributed by atoms with van der Waals surface area (Å²) in [4.78, 5) is 4.91. The van der Waals surface area contributed by atoms with Crippen LogP contribution in [0.3, 0.4) is 0 Å². The third-order valence-corrected chi connectivity index (χ3v) is 5.60. The summed E-state index contributed by atoms with van der Waals surface area (Å²) < 4.78 is 22.7. The fourth-order valence-electron chi connectivity index (χ4n) is 3.16. The molecule has 0 unspecified atom stereocenters. The maximum Gasteiger partial charge on any atom is 0.238 e.